The smallest absolute Gasteiger partial charge is 0.0714 e. The molecule has 57 heavy (non-hydrogen) atoms. The van der Waals surface area contributed by atoms with Crippen molar-refractivity contribution in [3.05, 3.63) is 222 Å². The van der Waals surface area contributed by atoms with E-state index >= 15 is 0 Å². The minimum Gasteiger partial charge on any atom is -0.312 e. The second kappa shape index (κ2) is 12.6. The molecule has 2 heterocycles. The van der Waals surface area contributed by atoms with Crippen LogP contribution >= 0.6 is 0 Å². The zero-order chi connectivity index (χ0) is 37.5. The van der Waals surface area contributed by atoms with E-state index in [-0.39, 0.29) is 0 Å². The zero-order valence-corrected chi connectivity index (χ0v) is 31.7. The van der Waals surface area contributed by atoms with Crippen molar-refractivity contribution in [3.63, 3.8) is 0 Å². The quantitative estimate of drug-likeness (QED) is 0.167. The van der Waals surface area contributed by atoms with Gasteiger partial charge in [0, 0.05) is 38.7 Å². The maximum atomic E-state index is 2.60. The molecule has 0 saturated heterocycles. The summed E-state index contributed by atoms with van der Waals surface area (Å²) >= 11 is 0. The van der Waals surface area contributed by atoms with Crippen LogP contribution in [0.1, 0.15) is 52.8 Å². The Hall–Kier alpha value is -6.90. The average Bonchev–Trinajstić information content (AvgIpc) is 3.91. The van der Waals surface area contributed by atoms with Crippen molar-refractivity contribution in [2.45, 2.75) is 31.1 Å². The molecule has 0 aliphatic heterocycles. The number of rotatable bonds is 5. The van der Waals surface area contributed by atoms with Gasteiger partial charge in [0.2, 0.25) is 0 Å². The van der Waals surface area contributed by atoms with Gasteiger partial charge in [0.25, 0.3) is 0 Å². The van der Waals surface area contributed by atoms with Gasteiger partial charge in [0.1, 0.15) is 0 Å². The minimum atomic E-state index is -0.438. The molecule has 0 fully saturated rings. The van der Waals surface area contributed by atoms with E-state index < -0.39 is 5.41 Å². The van der Waals surface area contributed by atoms with Crippen molar-refractivity contribution >= 4 is 44.5 Å². The van der Waals surface area contributed by atoms with Gasteiger partial charge >= 0.3 is 0 Å². The Kier molecular flexibility index (Phi) is 7.13. The summed E-state index contributed by atoms with van der Waals surface area (Å²) in [6, 6.07) is 61.5. The van der Waals surface area contributed by atoms with Crippen LogP contribution in [-0.2, 0) is 11.8 Å². The summed E-state index contributed by atoms with van der Waals surface area (Å²) in [7, 11) is 0. The number of fused-ring (bicyclic) bond motifs is 9. The average molecular weight is 729 g/mol. The maximum absolute atomic E-state index is 2.60. The molecule has 2 aromatic heterocycles. The molecule has 0 radical (unpaired) electrons. The third-order valence-corrected chi connectivity index (χ3v) is 12.9. The van der Waals surface area contributed by atoms with Crippen LogP contribution in [0.2, 0.25) is 0 Å². The molecule has 2 nitrogen and oxygen atoms in total. The van der Waals surface area contributed by atoms with E-state index in [0.717, 1.165) is 25.7 Å². The monoisotopic (exact) mass is 728 g/mol. The standard InChI is InChI=1S/C55H40N2/c1-4-17-39(18-5-1)55(40-19-6-2-7-20-40)47-26-13-10-25-44(47)54-48(55)27-16-30-53(54)57-50-29-15-12-24-43(50)46-36-38(32-34-52(46)57)37-31-33-51-45(35-37)42-23-11-14-28-49(42)56(51)41-21-8-3-9-22-41/h1-2,4-8,10-14,16-28,30-36H,3,9,15,29H2. The summed E-state index contributed by atoms with van der Waals surface area (Å²) in [5.41, 5.74) is 19.0. The van der Waals surface area contributed by atoms with Gasteiger partial charge in [-0.15, -0.1) is 0 Å². The first-order valence-corrected chi connectivity index (χ1v) is 20.4. The molecular weight excluding hydrogens is 689 g/mol. The van der Waals surface area contributed by atoms with E-state index in [2.05, 4.69) is 203 Å². The number of hydrogen-bond acceptors (Lipinski definition) is 0. The second-order valence-corrected chi connectivity index (χ2v) is 15.8. The predicted octanol–water partition coefficient (Wildman–Crippen LogP) is 13.9. The highest BCUT2D eigenvalue weighted by Gasteiger charge is 2.47. The minimum absolute atomic E-state index is 0.438. The van der Waals surface area contributed by atoms with E-state index in [0.29, 0.717) is 0 Å². The summed E-state index contributed by atoms with van der Waals surface area (Å²) in [6.07, 6.45) is 15.9. The zero-order valence-electron chi connectivity index (χ0n) is 31.7. The molecule has 0 amide bonds. The fourth-order valence-electron chi connectivity index (χ4n) is 10.5. The van der Waals surface area contributed by atoms with Gasteiger partial charge < -0.3 is 9.13 Å². The number of nitrogens with zero attached hydrogens (tertiary/aromatic N) is 2. The highest BCUT2D eigenvalue weighted by Crippen LogP contribution is 2.58. The molecule has 3 aliphatic carbocycles. The lowest BCUT2D eigenvalue weighted by atomic mass is 9.68. The Bertz CT molecular complexity index is 3130. The van der Waals surface area contributed by atoms with Crippen LogP contribution in [0.4, 0.5) is 0 Å². The summed E-state index contributed by atoms with van der Waals surface area (Å²) < 4.78 is 5.04. The van der Waals surface area contributed by atoms with Crippen molar-refractivity contribution in [1.82, 2.24) is 9.13 Å². The lowest BCUT2D eigenvalue weighted by Gasteiger charge is -2.34. The molecule has 270 valence electrons. The normalized spacial score (nSPS) is 15.2. The second-order valence-electron chi connectivity index (χ2n) is 15.8. The van der Waals surface area contributed by atoms with Crippen LogP contribution < -0.4 is 0 Å². The third kappa shape index (κ3) is 4.59. The van der Waals surface area contributed by atoms with Gasteiger partial charge in [-0.3, -0.25) is 0 Å². The van der Waals surface area contributed by atoms with Gasteiger partial charge in [-0.1, -0.05) is 152 Å². The van der Waals surface area contributed by atoms with Crippen LogP contribution in [0, 0.1) is 0 Å². The van der Waals surface area contributed by atoms with Crippen molar-refractivity contribution in [2.24, 2.45) is 0 Å². The molecule has 12 rings (SSSR count). The lowest BCUT2D eigenvalue weighted by Crippen LogP contribution is -2.28. The molecule has 3 aliphatic rings. The third-order valence-electron chi connectivity index (χ3n) is 12.9. The van der Waals surface area contributed by atoms with Crippen LogP contribution in [0.5, 0.6) is 0 Å². The first kappa shape index (κ1) is 32.4. The molecule has 0 N–H and O–H groups in total. The highest BCUT2D eigenvalue weighted by atomic mass is 15.0. The fraction of sp³-hybridized carbons (Fsp3) is 0.0909. The molecule has 0 saturated carbocycles. The van der Waals surface area contributed by atoms with E-state index in [1.807, 2.05) is 0 Å². The number of benzene rings is 7. The highest BCUT2D eigenvalue weighted by molar-refractivity contribution is 6.12. The summed E-state index contributed by atoms with van der Waals surface area (Å²) in [4.78, 5) is 0. The topological polar surface area (TPSA) is 9.86 Å². The number of aromatic nitrogens is 2. The first-order valence-electron chi connectivity index (χ1n) is 20.4. The van der Waals surface area contributed by atoms with Gasteiger partial charge in [-0.05, 0) is 107 Å². The van der Waals surface area contributed by atoms with Crippen LogP contribution in [0.25, 0.3) is 72.4 Å². The summed E-state index contributed by atoms with van der Waals surface area (Å²) in [5.74, 6) is 0. The van der Waals surface area contributed by atoms with E-state index in [1.54, 1.807) is 0 Å². The van der Waals surface area contributed by atoms with E-state index in [4.69, 9.17) is 0 Å². The van der Waals surface area contributed by atoms with Gasteiger partial charge in [-0.2, -0.15) is 0 Å². The maximum Gasteiger partial charge on any atom is 0.0714 e. The van der Waals surface area contributed by atoms with Crippen molar-refractivity contribution in [2.75, 3.05) is 0 Å². The first-order chi connectivity index (χ1) is 28.3. The van der Waals surface area contributed by atoms with Gasteiger partial charge in [0.15, 0.2) is 0 Å². The molecule has 9 aromatic rings. The molecular formula is C55H40N2. The summed E-state index contributed by atoms with van der Waals surface area (Å²) in [5, 5.41) is 3.89. The van der Waals surface area contributed by atoms with Gasteiger partial charge in [0.05, 0.1) is 27.7 Å². The fourth-order valence-corrected chi connectivity index (χ4v) is 10.5. The molecule has 7 aromatic carbocycles. The van der Waals surface area contributed by atoms with Crippen molar-refractivity contribution < 1.29 is 0 Å². The van der Waals surface area contributed by atoms with Crippen LogP contribution in [-0.4, -0.2) is 9.13 Å². The molecule has 0 atom stereocenters. The van der Waals surface area contributed by atoms with Gasteiger partial charge in [-0.25, -0.2) is 0 Å². The summed E-state index contributed by atoms with van der Waals surface area (Å²) in [6.45, 7) is 0. The number of hydrogen-bond donors (Lipinski definition) is 0. The SMILES string of the molecule is C1=CC(n2c3ccccc3c3cc(-c4ccc5c(c4)c4c(n5-c5cccc6c5-c5ccccc5C6(c5ccccc5)c5ccccc5)CCC=C4)ccc32)=CCC1. The largest absolute Gasteiger partial charge is 0.312 e. The number of allylic oxidation sites excluding steroid dienone is 5. The molecule has 2 heteroatoms. The Morgan fingerprint density at radius 3 is 1.88 bits per heavy atom. The Morgan fingerprint density at radius 2 is 1.11 bits per heavy atom. The Morgan fingerprint density at radius 1 is 0.456 bits per heavy atom. The van der Waals surface area contributed by atoms with E-state index in [9.17, 15) is 0 Å². The number of para-hydroxylation sites is 1. The Labute approximate surface area is 333 Å². The lowest BCUT2D eigenvalue weighted by molar-refractivity contribution is 0.767. The molecule has 0 bridgehead atoms. The molecule has 0 unspecified atom stereocenters. The van der Waals surface area contributed by atoms with Crippen LogP contribution in [0.3, 0.4) is 0 Å². The van der Waals surface area contributed by atoms with Crippen LogP contribution in [0.15, 0.2) is 188 Å². The van der Waals surface area contributed by atoms with Crippen molar-refractivity contribution in [3.8, 4) is 27.9 Å². The van der Waals surface area contributed by atoms with E-state index in [1.165, 1.54) is 99.9 Å². The molecule has 0 spiro atoms. The Balaban J connectivity index is 1.08. The van der Waals surface area contributed by atoms with Crippen molar-refractivity contribution in [1.29, 1.82) is 0 Å². The predicted molar refractivity (Wildman–Crippen MR) is 239 cm³/mol.